The maximum Gasteiger partial charge on any atom is 0.147 e. The lowest BCUT2D eigenvalue weighted by molar-refractivity contribution is 0.484. The number of aryl methyl sites for hydroxylation is 1. The molecule has 0 aliphatic heterocycles. The molecule has 0 saturated carbocycles. The van der Waals surface area contributed by atoms with Crippen LogP contribution >= 0.6 is 15.9 Å². The third-order valence-corrected chi connectivity index (χ3v) is 3.95. The van der Waals surface area contributed by atoms with E-state index in [1.807, 2.05) is 25.2 Å². The molecule has 0 radical (unpaired) electrons. The second-order valence-corrected chi connectivity index (χ2v) is 5.63. The van der Waals surface area contributed by atoms with Gasteiger partial charge in [-0.2, -0.15) is 0 Å². The van der Waals surface area contributed by atoms with E-state index >= 15 is 0 Å². The van der Waals surface area contributed by atoms with Crippen molar-refractivity contribution in [2.75, 3.05) is 12.4 Å². The van der Waals surface area contributed by atoms with Crippen LogP contribution in [-0.2, 0) is 0 Å². The number of anilines is 1. The van der Waals surface area contributed by atoms with Gasteiger partial charge in [-0.3, -0.25) is 0 Å². The molecular weight excluding hydrogens is 302 g/mol. The van der Waals surface area contributed by atoms with Crippen molar-refractivity contribution in [3.63, 3.8) is 0 Å². The molecule has 0 aliphatic rings. The highest BCUT2D eigenvalue weighted by Gasteiger charge is 2.13. The van der Waals surface area contributed by atoms with Crippen LogP contribution in [0.1, 0.15) is 5.56 Å². The van der Waals surface area contributed by atoms with Gasteiger partial charge in [0.15, 0.2) is 0 Å². The van der Waals surface area contributed by atoms with Gasteiger partial charge in [0, 0.05) is 22.3 Å². The minimum atomic E-state index is 0.303. The highest BCUT2D eigenvalue weighted by Crippen LogP contribution is 2.41. The molecule has 0 spiro atoms. The third-order valence-electron chi connectivity index (χ3n) is 3.46. The number of fused-ring (bicyclic) bond motifs is 3. The number of aromatic hydroxyl groups is 1. The molecule has 3 aromatic rings. The van der Waals surface area contributed by atoms with Gasteiger partial charge in [0.05, 0.1) is 5.69 Å². The van der Waals surface area contributed by atoms with Crippen molar-refractivity contribution < 1.29 is 5.11 Å². The lowest BCUT2D eigenvalue weighted by Gasteiger charge is -2.14. The van der Waals surface area contributed by atoms with Crippen LogP contribution in [0.5, 0.6) is 5.75 Å². The Bertz CT molecular complexity index is 796. The van der Waals surface area contributed by atoms with Gasteiger partial charge in [0.1, 0.15) is 5.75 Å². The minimum Gasteiger partial charge on any atom is -0.505 e. The van der Waals surface area contributed by atoms with Gasteiger partial charge < -0.3 is 10.4 Å². The molecule has 0 atom stereocenters. The van der Waals surface area contributed by atoms with E-state index in [1.54, 1.807) is 0 Å². The first-order valence-corrected chi connectivity index (χ1v) is 6.93. The summed E-state index contributed by atoms with van der Waals surface area (Å²) < 4.78 is 0.962. The summed E-state index contributed by atoms with van der Waals surface area (Å²) in [6.07, 6.45) is 0. The van der Waals surface area contributed by atoms with Crippen LogP contribution in [0.15, 0.2) is 40.9 Å². The van der Waals surface area contributed by atoms with Crippen LogP contribution in [0.3, 0.4) is 0 Å². The summed E-state index contributed by atoms with van der Waals surface area (Å²) in [5.74, 6) is 0.303. The lowest BCUT2D eigenvalue weighted by atomic mass is 9.98. The van der Waals surface area contributed by atoms with Crippen LogP contribution in [0, 0.1) is 6.92 Å². The van der Waals surface area contributed by atoms with Gasteiger partial charge in [-0.1, -0.05) is 39.7 Å². The number of phenols is 1. The van der Waals surface area contributed by atoms with E-state index < -0.39 is 0 Å². The average Bonchev–Trinajstić information content (AvgIpc) is 2.39. The van der Waals surface area contributed by atoms with Gasteiger partial charge in [-0.05, 0) is 35.9 Å². The number of nitrogens with one attached hydrogen (secondary N) is 1. The summed E-state index contributed by atoms with van der Waals surface area (Å²) in [6.45, 7) is 2.06. The number of benzene rings is 3. The fourth-order valence-corrected chi connectivity index (χ4v) is 2.92. The van der Waals surface area contributed by atoms with Gasteiger partial charge >= 0.3 is 0 Å². The summed E-state index contributed by atoms with van der Waals surface area (Å²) in [6, 6.07) is 12.3. The van der Waals surface area contributed by atoms with E-state index in [2.05, 4.69) is 46.4 Å². The topological polar surface area (TPSA) is 32.3 Å². The maximum atomic E-state index is 10.5. The van der Waals surface area contributed by atoms with Gasteiger partial charge in [0.25, 0.3) is 0 Å². The first kappa shape index (κ1) is 12.3. The van der Waals surface area contributed by atoms with Crippen molar-refractivity contribution in [1.29, 1.82) is 0 Å². The Morgan fingerprint density at radius 3 is 2.37 bits per heavy atom. The molecule has 96 valence electrons. The Labute approximate surface area is 120 Å². The summed E-state index contributed by atoms with van der Waals surface area (Å²) >= 11 is 3.46. The Kier molecular flexibility index (Phi) is 2.86. The molecule has 0 fully saturated rings. The molecule has 0 unspecified atom stereocenters. The van der Waals surface area contributed by atoms with Crippen molar-refractivity contribution in [2.24, 2.45) is 0 Å². The monoisotopic (exact) mass is 315 g/mol. The molecule has 0 aliphatic carbocycles. The van der Waals surface area contributed by atoms with Crippen molar-refractivity contribution in [3.8, 4) is 5.75 Å². The predicted octanol–water partition coefficient (Wildman–Crippen LogP) is 4.81. The standard InChI is InChI=1S/C16H14BrNO/c1-9-3-5-11-12-6-4-10(17)8-14(12)16(19)15(18-2)13(11)7-9/h3-8,18-19H,1-2H3. The minimum absolute atomic E-state index is 0.303. The number of halogens is 1. The third kappa shape index (κ3) is 1.85. The first-order chi connectivity index (χ1) is 9.11. The smallest absolute Gasteiger partial charge is 0.147 e. The van der Waals surface area contributed by atoms with E-state index in [0.29, 0.717) is 5.75 Å². The van der Waals surface area contributed by atoms with Crippen molar-refractivity contribution in [3.05, 3.63) is 46.4 Å². The van der Waals surface area contributed by atoms with Gasteiger partial charge in [-0.15, -0.1) is 0 Å². The largest absolute Gasteiger partial charge is 0.505 e. The average molecular weight is 316 g/mol. The van der Waals surface area contributed by atoms with E-state index in [9.17, 15) is 5.11 Å². The molecule has 0 bridgehead atoms. The Morgan fingerprint density at radius 1 is 0.947 bits per heavy atom. The number of phenolic OH excluding ortho intramolecular Hbond substituents is 1. The van der Waals surface area contributed by atoms with Crippen LogP contribution in [0.25, 0.3) is 21.5 Å². The zero-order valence-electron chi connectivity index (χ0n) is 10.8. The fourth-order valence-electron chi connectivity index (χ4n) is 2.56. The van der Waals surface area contributed by atoms with E-state index in [1.165, 1.54) is 5.56 Å². The van der Waals surface area contributed by atoms with E-state index in [-0.39, 0.29) is 0 Å². The molecule has 3 aromatic carbocycles. The SMILES string of the molecule is CNc1c(O)c2cc(Br)ccc2c2ccc(C)cc12. The van der Waals surface area contributed by atoms with Gasteiger partial charge in [-0.25, -0.2) is 0 Å². The van der Waals surface area contributed by atoms with Crippen molar-refractivity contribution in [1.82, 2.24) is 0 Å². The molecular formula is C16H14BrNO. The molecule has 0 amide bonds. The van der Waals surface area contributed by atoms with E-state index in [4.69, 9.17) is 0 Å². The quantitative estimate of drug-likeness (QED) is 0.499. The summed E-state index contributed by atoms with van der Waals surface area (Å²) in [5.41, 5.74) is 1.96. The normalized spacial score (nSPS) is 11.1. The van der Waals surface area contributed by atoms with Crippen molar-refractivity contribution >= 4 is 43.2 Å². The maximum absolute atomic E-state index is 10.5. The van der Waals surface area contributed by atoms with Crippen LogP contribution in [0.4, 0.5) is 5.69 Å². The molecule has 0 aromatic heterocycles. The van der Waals surface area contributed by atoms with Crippen LogP contribution < -0.4 is 5.32 Å². The van der Waals surface area contributed by atoms with Crippen molar-refractivity contribution in [2.45, 2.75) is 6.92 Å². The number of rotatable bonds is 1. The molecule has 0 heterocycles. The summed E-state index contributed by atoms with van der Waals surface area (Å²) in [4.78, 5) is 0. The highest BCUT2D eigenvalue weighted by molar-refractivity contribution is 9.10. The Balaban J connectivity index is 2.60. The molecule has 19 heavy (non-hydrogen) atoms. The molecule has 3 rings (SSSR count). The number of hydrogen-bond acceptors (Lipinski definition) is 2. The zero-order valence-corrected chi connectivity index (χ0v) is 12.4. The summed E-state index contributed by atoms with van der Waals surface area (Å²) in [7, 11) is 1.83. The summed E-state index contributed by atoms with van der Waals surface area (Å²) in [5, 5.41) is 17.7. The fraction of sp³-hybridized carbons (Fsp3) is 0.125. The predicted molar refractivity (Wildman–Crippen MR) is 85.1 cm³/mol. The lowest BCUT2D eigenvalue weighted by Crippen LogP contribution is -1.92. The first-order valence-electron chi connectivity index (χ1n) is 6.14. The van der Waals surface area contributed by atoms with Crippen LogP contribution in [0.2, 0.25) is 0 Å². The van der Waals surface area contributed by atoms with E-state index in [0.717, 1.165) is 31.7 Å². The van der Waals surface area contributed by atoms with Crippen LogP contribution in [-0.4, -0.2) is 12.2 Å². The molecule has 3 heteroatoms. The molecule has 2 nitrogen and oxygen atoms in total. The number of hydrogen-bond donors (Lipinski definition) is 2. The Morgan fingerprint density at radius 2 is 1.63 bits per heavy atom. The zero-order chi connectivity index (χ0) is 13.6. The second-order valence-electron chi connectivity index (χ2n) is 4.71. The highest BCUT2D eigenvalue weighted by atomic mass is 79.9. The molecule has 0 saturated heterocycles. The Hall–Kier alpha value is -1.74. The second kappa shape index (κ2) is 4.42. The van der Waals surface area contributed by atoms with Gasteiger partial charge in [0.2, 0.25) is 0 Å². The molecule has 2 N–H and O–H groups in total.